The summed E-state index contributed by atoms with van der Waals surface area (Å²) < 4.78 is 2.29. The molecule has 2 aromatic heterocycles. The van der Waals surface area contributed by atoms with Gasteiger partial charge in [-0.05, 0) is 53.1 Å². The second-order valence-electron chi connectivity index (χ2n) is 9.44. The predicted molar refractivity (Wildman–Crippen MR) is 144 cm³/mol. The van der Waals surface area contributed by atoms with Gasteiger partial charge in [0, 0.05) is 21.5 Å². The quantitative estimate of drug-likeness (QED) is 0.257. The zero-order valence-electron chi connectivity index (χ0n) is 19.3. The molecule has 0 atom stereocenters. The molecular formula is C32H21N3. The van der Waals surface area contributed by atoms with Gasteiger partial charge >= 0.3 is 0 Å². The van der Waals surface area contributed by atoms with Crippen molar-refractivity contribution in [1.82, 2.24) is 14.5 Å². The van der Waals surface area contributed by atoms with E-state index >= 15 is 0 Å². The van der Waals surface area contributed by atoms with Gasteiger partial charge < -0.3 is 0 Å². The first kappa shape index (κ1) is 18.9. The number of aryl methyl sites for hydroxylation is 1. The van der Waals surface area contributed by atoms with Crippen LogP contribution in [0, 0.1) is 6.92 Å². The predicted octanol–water partition coefficient (Wildman–Crippen LogP) is 7.76. The Kier molecular flexibility index (Phi) is 3.65. The average Bonchev–Trinajstić information content (AvgIpc) is 3.45. The van der Waals surface area contributed by atoms with Crippen LogP contribution >= 0.6 is 0 Å². The summed E-state index contributed by atoms with van der Waals surface area (Å²) in [6, 6.07) is 34.6. The van der Waals surface area contributed by atoms with Crippen molar-refractivity contribution in [2.45, 2.75) is 13.3 Å². The van der Waals surface area contributed by atoms with Crippen molar-refractivity contribution >= 4 is 43.5 Å². The molecule has 3 heteroatoms. The number of benzene rings is 5. The highest BCUT2D eigenvalue weighted by molar-refractivity contribution is 6.26. The number of fused-ring (bicyclic) bond motifs is 11. The monoisotopic (exact) mass is 447 g/mol. The van der Waals surface area contributed by atoms with E-state index in [9.17, 15) is 0 Å². The summed E-state index contributed by atoms with van der Waals surface area (Å²) >= 11 is 0. The summed E-state index contributed by atoms with van der Waals surface area (Å²) in [4.78, 5) is 10.1. The maximum atomic E-state index is 5.08. The first-order valence-corrected chi connectivity index (χ1v) is 12.1. The van der Waals surface area contributed by atoms with E-state index < -0.39 is 0 Å². The van der Waals surface area contributed by atoms with Crippen molar-refractivity contribution in [3.8, 4) is 17.1 Å². The highest BCUT2D eigenvalue weighted by Gasteiger charge is 2.28. The third kappa shape index (κ3) is 2.45. The standard InChI is InChI=1S/C32H21N3/c1-19-21-11-6-8-16-27(21)34-32(33-19)35-28-17-9-7-15-25(28)30-29-22-12-3-2-10-20(22)18-26(29)23-13-4-5-14-24(23)31(30)35/h2-17H,18H2,1H3. The Morgan fingerprint density at radius 3 is 2.23 bits per heavy atom. The summed E-state index contributed by atoms with van der Waals surface area (Å²) in [5.74, 6) is 0.726. The fourth-order valence-electron chi connectivity index (χ4n) is 6.10. The third-order valence-corrected chi connectivity index (χ3v) is 7.57. The zero-order chi connectivity index (χ0) is 23.1. The molecule has 1 aliphatic carbocycles. The maximum Gasteiger partial charge on any atom is 0.235 e. The fraction of sp³-hybridized carbons (Fsp3) is 0.0625. The third-order valence-electron chi connectivity index (χ3n) is 7.57. The molecule has 2 heterocycles. The Morgan fingerprint density at radius 2 is 1.34 bits per heavy atom. The number of aromatic nitrogens is 3. The highest BCUT2D eigenvalue weighted by atomic mass is 15.2. The van der Waals surface area contributed by atoms with Crippen molar-refractivity contribution in [1.29, 1.82) is 0 Å². The molecule has 0 saturated carbocycles. The largest absolute Gasteiger partial charge is 0.277 e. The molecule has 7 aromatic rings. The molecule has 0 saturated heterocycles. The molecule has 0 N–H and O–H groups in total. The normalized spacial score (nSPS) is 12.6. The van der Waals surface area contributed by atoms with Crippen LogP contribution in [0.15, 0.2) is 97.1 Å². The molecule has 0 spiro atoms. The summed E-state index contributed by atoms with van der Waals surface area (Å²) in [7, 11) is 0. The SMILES string of the molecule is Cc1nc(-n2c3ccccc3c3c4c(c5ccccc5c32)Cc2ccccc2-4)nc2ccccc12. The molecule has 0 amide bonds. The number of nitrogens with zero attached hydrogens (tertiary/aromatic N) is 3. The van der Waals surface area contributed by atoms with Gasteiger partial charge in [0.25, 0.3) is 0 Å². The van der Waals surface area contributed by atoms with Crippen LogP contribution in [0.4, 0.5) is 0 Å². The van der Waals surface area contributed by atoms with Crippen molar-refractivity contribution in [2.24, 2.45) is 0 Å². The summed E-state index contributed by atoms with van der Waals surface area (Å²) in [5, 5.41) is 6.20. The first-order chi connectivity index (χ1) is 17.3. The second-order valence-corrected chi connectivity index (χ2v) is 9.44. The number of hydrogen-bond donors (Lipinski definition) is 0. The Morgan fingerprint density at radius 1 is 0.657 bits per heavy atom. The van der Waals surface area contributed by atoms with Gasteiger partial charge in [-0.3, -0.25) is 4.57 Å². The maximum absolute atomic E-state index is 5.08. The van der Waals surface area contributed by atoms with Crippen LogP contribution in [-0.4, -0.2) is 14.5 Å². The second kappa shape index (κ2) is 6.77. The lowest BCUT2D eigenvalue weighted by Crippen LogP contribution is -2.03. The highest BCUT2D eigenvalue weighted by Crippen LogP contribution is 2.49. The molecule has 35 heavy (non-hydrogen) atoms. The van der Waals surface area contributed by atoms with Crippen LogP contribution in [0.1, 0.15) is 16.8 Å². The Labute approximate surface area is 202 Å². The minimum Gasteiger partial charge on any atom is -0.277 e. The van der Waals surface area contributed by atoms with E-state index in [0.29, 0.717) is 0 Å². The van der Waals surface area contributed by atoms with Gasteiger partial charge in [0.2, 0.25) is 5.95 Å². The molecule has 5 aromatic carbocycles. The van der Waals surface area contributed by atoms with Crippen LogP contribution < -0.4 is 0 Å². The van der Waals surface area contributed by atoms with E-state index in [4.69, 9.17) is 9.97 Å². The van der Waals surface area contributed by atoms with Crippen molar-refractivity contribution in [3.63, 3.8) is 0 Å². The lowest BCUT2D eigenvalue weighted by Gasteiger charge is -2.13. The lowest BCUT2D eigenvalue weighted by molar-refractivity contribution is 0.991. The van der Waals surface area contributed by atoms with Crippen molar-refractivity contribution < 1.29 is 0 Å². The van der Waals surface area contributed by atoms with Crippen LogP contribution in [0.25, 0.3) is 60.6 Å². The minimum atomic E-state index is 0.726. The van der Waals surface area contributed by atoms with Gasteiger partial charge in [0.1, 0.15) is 0 Å². The molecule has 0 bridgehead atoms. The van der Waals surface area contributed by atoms with E-state index in [0.717, 1.165) is 34.5 Å². The number of hydrogen-bond acceptors (Lipinski definition) is 2. The lowest BCUT2D eigenvalue weighted by atomic mass is 9.93. The molecule has 8 rings (SSSR count). The summed E-state index contributed by atoms with van der Waals surface area (Å²) in [5.41, 5.74) is 9.82. The van der Waals surface area contributed by atoms with Gasteiger partial charge in [0.05, 0.1) is 22.2 Å². The van der Waals surface area contributed by atoms with E-state index in [1.165, 1.54) is 49.3 Å². The molecule has 164 valence electrons. The molecule has 0 unspecified atom stereocenters. The molecule has 0 fully saturated rings. The van der Waals surface area contributed by atoms with Gasteiger partial charge in [-0.2, -0.15) is 0 Å². The molecule has 0 radical (unpaired) electrons. The number of rotatable bonds is 1. The molecule has 3 nitrogen and oxygen atoms in total. The topological polar surface area (TPSA) is 30.7 Å². The molecule has 0 aliphatic heterocycles. The smallest absolute Gasteiger partial charge is 0.235 e. The average molecular weight is 448 g/mol. The van der Waals surface area contributed by atoms with E-state index in [1.54, 1.807) is 0 Å². The first-order valence-electron chi connectivity index (χ1n) is 12.1. The fourth-order valence-corrected chi connectivity index (χ4v) is 6.10. The van der Waals surface area contributed by atoms with Gasteiger partial charge in [0.15, 0.2) is 0 Å². The van der Waals surface area contributed by atoms with Crippen LogP contribution in [0.5, 0.6) is 0 Å². The van der Waals surface area contributed by atoms with Gasteiger partial charge in [-0.25, -0.2) is 9.97 Å². The van der Waals surface area contributed by atoms with E-state index in [-0.39, 0.29) is 0 Å². The van der Waals surface area contributed by atoms with E-state index in [1.807, 2.05) is 12.1 Å². The van der Waals surface area contributed by atoms with Gasteiger partial charge in [-0.15, -0.1) is 0 Å². The molecule has 1 aliphatic rings. The van der Waals surface area contributed by atoms with Gasteiger partial charge in [-0.1, -0.05) is 84.9 Å². The summed E-state index contributed by atoms with van der Waals surface area (Å²) in [6.45, 7) is 2.08. The zero-order valence-corrected chi connectivity index (χ0v) is 19.3. The van der Waals surface area contributed by atoms with Crippen LogP contribution in [-0.2, 0) is 6.42 Å². The van der Waals surface area contributed by atoms with Crippen molar-refractivity contribution in [2.75, 3.05) is 0 Å². The Hall–Kier alpha value is -4.50. The molecular weight excluding hydrogens is 426 g/mol. The van der Waals surface area contributed by atoms with Crippen molar-refractivity contribution in [3.05, 3.63) is 114 Å². The van der Waals surface area contributed by atoms with Crippen LogP contribution in [0.2, 0.25) is 0 Å². The Bertz CT molecular complexity index is 1990. The summed E-state index contributed by atoms with van der Waals surface area (Å²) in [6.07, 6.45) is 0.965. The van der Waals surface area contributed by atoms with Crippen LogP contribution in [0.3, 0.4) is 0 Å². The Balaban J connectivity index is 1.64. The minimum absolute atomic E-state index is 0.726. The number of para-hydroxylation sites is 2. The van der Waals surface area contributed by atoms with E-state index in [2.05, 4.69) is 96.4 Å².